The van der Waals surface area contributed by atoms with Crippen LogP contribution in [0.5, 0.6) is 11.5 Å². The van der Waals surface area contributed by atoms with Gasteiger partial charge in [-0.25, -0.2) is 0 Å². The summed E-state index contributed by atoms with van der Waals surface area (Å²) in [6.07, 6.45) is 1.29. The molecule has 0 aliphatic carbocycles. The van der Waals surface area contributed by atoms with Gasteiger partial charge in [-0.2, -0.15) is 0 Å². The van der Waals surface area contributed by atoms with E-state index in [2.05, 4.69) is 19.2 Å². The fourth-order valence-electron chi connectivity index (χ4n) is 2.18. The molecule has 3 heteroatoms. The van der Waals surface area contributed by atoms with Gasteiger partial charge in [-0.05, 0) is 32.9 Å². The highest BCUT2D eigenvalue weighted by molar-refractivity contribution is 5.33. The average molecular weight is 235 g/mol. The van der Waals surface area contributed by atoms with E-state index in [9.17, 15) is 0 Å². The minimum absolute atomic E-state index is 0.183. The van der Waals surface area contributed by atoms with Crippen LogP contribution in [0.15, 0.2) is 24.3 Å². The first kappa shape index (κ1) is 12.2. The van der Waals surface area contributed by atoms with Crippen molar-refractivity contribution < 1.29 is 9.47 Å². The molecule has 2 rings (SSSR count). The molecule has 0 amide bonds. The standard InChI is InChI=1S/C14H21NO2/c1-4-16-11-6-5-7-12(8-11)17-13-9-14(2,3)15-10-13/h5-8,13,15H,4,9-10H2,1-3H3. The van der Waals surface area contributed by atoms with Crippen LogP contribution in [0.2, 0.25) is 0 Å². The molecular formula is C14H21NO2. The molecule has 1 unspecified atom stereocenters. The van der Waals surface area contributed by atoms with Crippen LogP contribution in [0.25, 0.3) is 0 Å². The van der Waals surface area contributed by atoms with E-state index in [1.807, 2.05) is 31.2 Å². The molecule has 0 saturated carbocycles. The Labute approximate surface area is 103 Å². The maximum atomic E-state index is 5.96. The molecule has 94 valence electrons. The molecule has 0 spiro atoms. The van der Waals surface area contributed by atoms with E-state index in [4.69, 9.17) is 9.47 Å². The van der Waals surface area contributed by atoms with Crippen molar-refractivity contribution in [3.05, 3.63) is 24.3 Å². The van der Waals surface area contributed by atoms with Crippen molar-refractivity contribution in [3.8, 4) is 11.5 Å². The second-order valence-corrected chi connectivity index (χ2v) is 5.12. The van der Waals surface area contributed by atoms with E-state index >= 15 is 0 Å². The summed E-state index contributed by atoms with van der Waals surface area (Å²) in [7, 11) is 0. The zero-order valence-electron chi connectivity index (χ0n) is 10.8. The topological polar surface area (TPSA) is 30.5 Å². The van der Waals surface area contributed by atoms with Gasteiger partial charge in [-0.3, -0.25) is 0 Å². The predicted molar refractivity (Wildman–Crippen MR) is 68.7 cm³/mol. The van der Waals surface area contributed by atoms with Gasteiger partial charge in [0.15, 0.2) is 0 Å². The molecule has 1 heterocycles. The highest BCUT2D eigenvalue weighted by Gasteiger charge is 2.31. The van der Waals surface area contributed by atoms with E-state index in [-0.39, 0.29) is 11.6 Å². The van der Waals surface area contributed by atoms with E-state index in [0.717, 1.165) is 24.5 Å². The summed E-state index contributed by atoms with van der Waals surface area (Å²) in [5, 5.41) is 3.45. The Hall–Kier alpha value is -1.22. The monoisotopic (exact) mass is 235 g/mol. The molecule has 3 nitrogen and oxygen atoms in total. The quantitative estimate of drug-likeness (QED) is 0.870. The lowest BCUT2D eigenvalue weighted by Crippen LogP contribution is -2.31. The summed E-state index contributed by atoms with van der Waals surface area (Å²) in [4.78, 5) is 0. The molecule has 17 heavy (non-hydrogen) atoms. The van der Waals surface area contributed by atoms with Crippen LogP contribution in [0, 0.1) is 0 Å². The van der Waals surface area contributed by atoms with Crippen molar-refractivity contribution in [2.45, 2.75) is 38.8 Å². The highest BCUT2D eigenvalue weighted by Crippen LogP contribution is 2.25. The van der Waals surface area contributed by atoms with Gasteiger partial charge >= 0.3 is 0 Å². The maximum absolute atomic E-state index is 5.96. The smallest absolute Gasteiger partial charge is 0.123 e. The Morgan fingerprint density at radius 3 is 2.76 bits per heavy atom. The first-order valence-electron chi connectivity index (χ1n) is 6.23. The van der Waals surface area contributed by atoms with Crippen molar-refractivity contribution in [2.24, 2.45) is 0 Å². The van der Waals surface area contributed by atoms with Gasteiger partial charge < -0.3 is 14.8 Å². The first-order chi connectivity index (χ1) is 8.09. The molecule has 0 bridgehead atoms. The van der Waals surface area contributed by atoms with Crippen molar-refractivity contribution in [2.75, 3.05) is 13.2 Å². The van der Waals surface area contributed by atoms with Crippen LogP contribution in [0.4, 0.5) is 0 Å². The molecule has 1 aliphatic heterocycles. The number of hydrogen-bond acceptors (Lipinski definition) is 3. The lowest BCUT2D eigenvalue weighted by molar-refractivity contribution is 0.213. The fourth-order valence-corrected chi connectivity index (χ4v) is 2.18. The third-order valence-corrected chi connectivity index (χ3v) is 2.97. The van der Waals surface area contributed by atoms with Crippen LogP contribution in [0.1, 0.15) is 27.2 Å². The number of hydrogen-bond donors (Lipinski definition) is 1. The van der Waals surface area contributed by atoms with E-state index in [1.54, 1.807) is 0 Å². The van der Waals surface area contributed by atoms with E-state index in [1.165, 1.54) is 0 Å². The predicted octanol–water partition coefficient (Wildman–Crippen LogP) is 2.60. The van der Waals surface area contributed by atoms with Gasteiger partial charge in [0, 0.05) is 24.6 Å². The zero-order chi connectivity index (χ0) is 12.3. The second-order valence-electron chi connectivity index (χ2n) is 5.12. The molecule has 1 N–H and O–H groups in total. The zero-order valence-corrected chi connectivity index (χ0v) is 10.8. The Balaban J connectivity index is 1.97. The Morgan fingerprint density at radius 1 is 1.35 bits per heavy atom. The molecule has 1 fully saturated rings. The molecule has 1 aromatic rings. The third kappa shape index (κ3) is 3.37. The third-order valence-electron chi connectivity index (χ3n) is 2.97. The van der Waals surface area contributed by atoms with Crippen LogP contribution in [-0.4, -0.2) is 24.8 Å². The van der Waals surface area contributed by atoms with Gasteiger partial charge in [0.1, 0.15) is 17.6 Å². The minimum atomic E-state index is 0.183. The van der Waals surface area contributed by atoms with Crippen LogP contribution >= 0.6 is 0 Å². The largest absolute Gasteiger partial charge is 0.494 e. The maximum Gasteiger partial charge on any atom is 0.123 e. The van der Waals surface area contributed by atoms with Crippen molar-refractivity contribution in [1.29, 1.82) is 0 Å². The molecule has 1 aliphatic rings. The Morgan fingerprint density at radius 2 is 2.12 bits per heavy atom. The van der Waals surface area contributed by atoms with Gasteiger partial charge in [-0.15, -0.1) is 0 Å². The van der Waals surface area contributed by atoms with Gasteiger partial charge in [0.2, 0.25) is 0 Å². The average Bonchev–Trinajstić information content (AvgIpc) is 2.59. The first-order valence-corrected chi connectivity index (χ1v) is 6.23. The minimum Gasteiger partial charge on any atom is -0.494 e. The molecular weight excluding hydrogens is 214 g/mol. The number of rotatable bonds is 4. The van der Waals surface area contributed by atoms with E-state index in [0.29, 0.717) is 6.61 Å². The van der Waals surface area contributed by atoms with Crippen molar-refractivity contribution >= 4 is 0 Å². The number of ether oxygens (including phenoxy) is 2. The molecule has 0 radical (unpaired) electrons. The van der Waals surface area contributed by atoms with Gasteiger partial charge in [0.05, 0.1) is 6.61 Å². The fraction of sp³-hybridized carbons (Fsp3) is 0.571. The van der Waals surface area contributed by atoms with Crippen molar-refractivity contribution in [3.63, 3.8) is 0 Å². The van der Waals surface area contributed by atoms with Gasteiger partial charge in [-0.1, -0.05) is 6.07 Å². The summed E-state index contributed by atoms with van der Waals surface area (Å²) in [5.74, 6) is 1.76. The normalized spacial score (nSPS) is 22.4. The van der Waals surface area contributed by atoms with Crippen LogP contribution < -0.4 is 14.8 Å². The molecule has 1 atom stereocenters. The summed E-state index contributed by atoms with van der Waals surface area (Å²) >= 11 is 0. The lowest BCUT2D eigenvalue weighted by atomic mass is 10.0. The van der Waals surface area contributed by atoms with Crippen LogP contribution in [0.3, 0.4) is 0 Å². The highest BCUT2D eigenvalue weighted by atomic mass is 16.5. The number of benzene rings is 1. The summed E-state index contributed by atoms with van der Waals surface area (Å²) < 4.78 is 11.4. The number of nitrogens with one attached hydrogen (secondary N) is 1. The summed E-state index contributed by atoms with van der Waals surface area (Å²) in [6, 6.07) is 7.85. The van der Waals surface area contributed by atoms with Crippen molar-refractivity contribution in [1.82, 2.24) is 5.32 Å². The van der Waals surface area contributed by atoms with Gasteiger partial charge in [0.25, 0.3) is 0 Å². The van der Waals surface area contributed by atoms with E-state index < -0.39 is 0 Å². The van der Waals surface area contributed by atoms with Crippen LogP contribution in [-0.2, 0) is 0 Å². The molecule has 1 saturated heterocycles. The summed E-state index contributed by atoms with van der Waals surface area (Å²) in [5.41, 5.74) is 0.183. The second kappa shape index (κ2) is 4.96. The summed E-state index contributed by atoms with van der Waals surface area (Å²) in [6.45, 7) is 7.98. The Bertz CT molecular complexity index is 376. The Kier molecular flexibility index (Phi) is 3.57. The lowest BCUT2D eigenvalue weighted by Gasteiger charge is -2.17. The molecule has 1 aromatic carbocycles. The molecule has 0 aromatic heterocycles. The SMILES string of the molecule is CCOc1cccc(OC2CNC(C)(C)C2)c1.